The van der Waals surface area contributed by atoms with Gasteiger partial charge in [-0.2, -0.15) is 0 Å². The molecule has 0 unspecified atom stereocenters. The molecule has 2 aliphatic heterocycles. The largest absolute Gasteiger partial charge is 0.357 e. The van der Waals surface area contributed by atoms with Gasteiger partial charge in [-0.1, -0.05) is 30.3 Å². The molecule has 3 aliphatic rings. The molecule has 1 aromatic rings. The van der Waals surface area contributed by atoms with Crippen LogP contribution in [0.2, 0.25) is 0 Å². The average molecular weight is 353 g/mol. The van der Waals surface area contributed by atoms with Crippen LogP contribution < -0.4 is 5.32 Å². The number of nitrogens with zero attached hydrogens (tertiary/aromatic N) is 4. The molecule has 0 bridgehead atoms. The minimum atomic E-state index is 0.0584. The zero-order valence-electron chi connectivity index (χ0n) is 15.6. The van der Waals surface area contributed by atoms with E-state index in [4.69, 9.17) is 0 Å². The summed E-state index contributed by atoms with van der Waals surface area (Å²) in [6, 6.07) is 11.0. The lowest BCUT2D eigenvalue weighted by atomic mass is 9.93. The number of likely N-dealkylation sites (tertiary alicyclic amines) is 1. The Morgan fingerprint density at radius 1 is 1.15 bits per heavy atom. The molecule has 1 saturated heterocycles. The number of carbonyl (C=O) groups is 1. The van der Waals surface area contributed by atoms with Gasteiger partial charge in [0.1, 0.15) is 11.7 Å². The van der Waals surface area contributed by atoms with E-state index in [2.05, 4.69) is 62.7 Å². The topological polar surface area (TPSA) is 60.3 Å². The van der Waals surface area contributed by atoms with Gasteiger partial charge in [0, 0.05) is 33.1 Å². The van der Waals surface area contributed by atoms with Crippen LogP contribution in [0.3, 0.4) is 0 Å². The Labute approximate surface area is 155 Å². The molecule has 26 heavy (non-hydrogen) atoms. The fourth-order valence-corrected chi connectivity index (χ4v) is 4.22. The molecular weight excluding hydrogens is 326 g/mol. The maximum atomic E-state index is 11.2. The van der Waals surface area contributed by atoms with Gasteiger partial charge in [0.05, 0.1) is 12.0 Å². The molecule has 0 spiro atoms. The Bertz CT molecular complexity index is 730. The van der Waals surface area contributed by atoms with Gasteiger partial charge in [-0.3, -0.25) is 4.79 Å². The number of carbonyl (C=O) groups excluding carboxylic acids is 1. The highest BCUT2D eigenvalue weighted by Crippen LogP contribution is 2.50. The lowest BCUT2D eigenvalue weighted by Gasteiger charge is -2.38. The van der Waals surface area contributed by atoms with E-state index in [1.807, 2.05) is 0 Å². The minimum absolute atomic E-state index is 0.0584. The van der Waals surface area contributed by atoms with Gasteiger partial charge in [-0.25, -0.2) is 0 Å². The lowest BCUT2D eigenvalue weighted by molar-refractivity contribution is -0.119. The first-order valence-corrected chi connectivity index (χ1v) is 9.52. The highest BCUT2D eigenvalue weighted by Gasteiger charge is 2.51. The van der Waals surface area contributed by atoms with E-state index in [1.54, 1.807) is 6.92 Å². The van der Waals surface area contributed by atoms with Gasteiger partial charge in [-0.05, 0) is 31.2 Å². The van der Waals surface area contributed by atoms with Crippen LogP contribution >= 0.6 is 0 Å². The standard InChI is InChI=1S/C20H27N5O/c1-15(26)21-17-8-12-25(13-9-17)18-14-24(2)19(23-22-18)20(10-11-20)16-6-4-3-5-7-16/h3-7,17H,8-14H2,1-2H3,(H,21,26). The first kappa shape index (κ1) is 17.1. The average Bonchev–Trinajstić information content (AvgIpc) is 3.44. The Morgan fingerprint density at radius 2 is 1.85 bits per heavy atom. The summed E-state index contributed by atoms with van der Waals surface area (Å²) in [5.41, 5.74) is 1.41. The Balaban J connectivity index is 1.46. The number of amidine groups is 2. The van der Waals surface area contributed by atoms with Gasteiger partial charge < -0.3 is 15.1 Å². The van der Waals surface area contributed by atoms with Crippen molar-refractivity contribution in [2.75, 3.05) is 26.7 Å². The number of hydrogen-bond acceptors (Lipinski definition) is 5. The van der Waals surface area contributed by atoms with Crippen LogP contribution in [0.4, 0.5) is 0 Å². The fraction of sp³-hybridized carbons (Fsp3) is 0.550. The number of hydrogen-bond donors (Lipinski definition) is 1. The third-order valence-corrected chi connectivity index (χ3v) is 5.77. The Hall–Kier alpha value is -2.37. The van der Waals surface area contributed by atoms with Crippen molar-refractivity contribution in [1.29, 1.82) is 0 Å². The maximum absolute atomic E-state index is 11.2. The molecule has 0 radical (unpaired) electrons. The molecule has 2 fully saturated rings. The van der Waals surface area contributed by atoms with E-state index in [9.17, 15) is 4.79 Å². The highest BCUT2D eigenvalue weighted by molar-refractivity contribution is 6.00. The van der Waals surface area contributed by atoms with Crippen LogP contribution in [0.15, 0.2) is 40.5 Å². The molecule has 2 heterocycles. The number of benzene rings is 1. The molecule has 1 saturated carbocycles. The van der Waals surface area contributed by atoms with Gasteiger partial charge in [0.15, 0.2) is 0 Å². The summed E-state index contributed by atoms with van der Waals surface area (Å²) >= 11 is 0. The summed E-state index contributed by atoms with van der Waals surface area (Å²) in [5.74, 6) is 2.20. The molecule has 4 rings (SSSR count). The maximum Gasteiger partial charge on any atom is 0.217 e. The number of amides is 1. The second kappa shape index (κ2) is 6.74. The predicted octanol–water partition coefficient (Wildman–Crippen LogP) is 1.98. The zero-order valence-corrected chi connectivity index (χ0v) is 15.6. The van der Waals surface area contributed by atoms with E-state index in [1.165, 1.54) is 5.56 Å². The fourth-order valence-electron chi connectivity index (χ4n) is 4.22. The Kier molecular flexibility index (Phi) is 4.42. The number of nitrogens with one attached hydrogen (secondary N) is 1. The van der Waals surface area contributed by atoms with Crippen molar-refractivity contribution >= 4 is 17.6 Å². The monoisotopic (exact) mass is 353 g/mol. The van der Waals surface area contributed by atoms with Crippen molar-refractivity contribution in [3.8, 4) is 0 Å². The molecule has 138 valence electrons. The molecule has 6 nitrogen and oxygen atoms in total. The van der Waals surface area contributed by atoms with Crippen LogP contribution in [-0.4, -0.2) is 60.1 Å². The zero-order chi connectivity index (χ0) is 18.1. The van der Waals surface area contributed by atoms with E-state index >= 15 is 0 Å². The Morgan fingerprint density at radius 3 is 2.42 bits per heavy atom. The van der Waals surface area contributed by atoms with Crippen molar-refractivity contribution in [2.45, 2.75) is 44.1 Å². The van der Waals surface area contributed by atoms with Crippen molar-refractivity contribution in [1.82, 2.24) is 15.1 Å². The second-order valence-electron chi connectivity index (χ2n) is 7.71. The minimum Gasteiger partial charge on any atom is -0.357 e. The second-order valence-corrected chi connectivity index (χ2v) is 7.71. The SMILES string of the molecule is CC(=O)NC1CCN(C2=NN=C(C3(c4ccccc4)CC3)N(C)C2)CC1. The summed E-state index contributed by atoms with van der Waals surface area (Å²) in [7, 11) is 2.13. The summed E-state index contributed by atoms with van der Waals surface area (Å²) in [6.07, 6.45) is 4.22. The molecule has 6 heteroatoms. The van der Waals surface area contributed by atoms with Crippen LogP contribution in [0.1, 0.15) is 38.2 Å². The molecule has 0 aromatic heterocycles. The number of rotatable bonds is 3. The lowest BCUT2D eigenvalue weighted by Crippen LogP contribution is -2.51. The molecule has 1 aliphatic carbocycles. The van der Waals surface area contributed by atoms with E-state index in [-0.39, 0.29) is 17.4 Å². The van der Waals surface area contributed by atoms with Crippen LogP contribution in [0.5, 0.6) is 0 Å². The quantitative estimate of drug-likeness (QED) is 0.904. The van der Waals surface area contributed by atoms with E-state index < -0.39 is 0 Å². The molecule has 1 amide bonds. The summed E-state index contributed by atoms with van der Waals surface area (Å²) in [4.78, 5) is 15.8. The number of likely N-dealkylation sites (N-methyl/N-ethyl adjacent to an activating group) is 1. The molecule has 1 N–H and O–H groups in total. The third kappa shape index (κ3) is 3.20. The first-order valence-electron chi connectivity index (χ1n) is 9.52. The molecule has 1 aromatic carbocycles. The van der Waals surface area contributed by atoms with Crippen molar-refractivity contribution < 1.29 is 4.79 Å². The van der Waals surface area contributed by atoms with Gasteiger partial charge >= 0.3 is 0 Å². The normalized spacial score (nSPS) is 22.5. The molecular formula is C20H27N5O. The van der Waals surface area contributed by atoms with Crippen molar-refractivity contribution in [3.63, 3.8) is 0 Å². The van der Waals surface area contributed by atoms with Gasteiger partial charge in [0.2, 0.25) is 5.91 Å². The van der Waals surface area contributed by atoms with Crippen molar-refractivity contribution in [2.24, 2.45) is 10.2 Å². The van der Waals surface area contributed by atoms with Crippen LogP contribution in [0.25, 0.3) is 0 Å². The van der Waals surface area contributed by atoms with Crippen molar-refractivity contribution in [3.05, 3.63) is 35.9 Å². The smallest absolute Gasteiger partial charge is 0.217 e. The van der Waals surface area contributed by atoms with Crippen LogP contribution in [-0.2, 0) is 10.2 Å². The first-order chi connectivity index (χ1) is 12.6. The predicted molar refractivity (Wildman–Crippen MR) is 103 cm³/mol. The number of piperidine rings is 1. The van der Waals surface area contributed by atoms with Gasteiger partial charge in [0.25, 0.3) is 0 Å². The van der Waals surface area contributed by atoms with Gasteiger partial charge in [-0.15, -0.1) is 10.2 Å². The summed E-state index contributed by atoms with van der Waals surface area (Å²) in [5, 5.41) is 12.3. The van der Waals surface area contributed by atoms with E-state index in [0.29, 0.717) is 0 Å². The molecule has 0 atom stereocenters. The van der Waals surface area contributed by atoms with Crippen LogP contribution in [0, 0.1) is 0 Å². The van der Waals surface area contributed by atoms with E-state index in [0.717, 1.165) is 57.0 Å². The highest BCUT2D eigenvalue weighted by atomic mass is 16.1. The summed E-state index contributed by atoms with van der Waals surface area (Å²) < 4.78 is 0. The summed E-state index contributed by atoms with van der Waals surface area (Å²) in [6.45, 7) is 4.24. The third-order valence-electron chi connectivity index (χ3n) is 5.77.